The van der Waals surface area contributed by atoms with E-state index in [0.717, 1.165) is 5.92 Å². The van der Waals surface area contributed by atoms with Gasteiger partial charge in [-0.25, -0.2) is 0 Å². The second-order valence-corrected chi connectivity index (χ2v) is 3.91. The molecule has 0 aromatic carbocycles. The van der Waals surface area contributed by atoms with E-state index in [1.807, 2.05) is 27.7 Å². The maximum absolute atomic E-state index is 3.49. The number of rotatable bonds is 0. The van der Waals surface area contributed by atoms with E-state index in [1.54, 1.807) is 0 Å². The maximum atomic E-state index is 3.49. The van der Waals surface area contributed by atoms with Gasteiger partial charge in [0.1, 0.15) is 0 Å². The van der Waals surface area contributed by atoms with Crippen molar-refractivity contribution in [3.05, 3.63) is 0 Å². The first-order chi connectivity index (χ1) is 6.10. The Morgan fingerprint density at radius 1 is 1.08 bits per heavy atom. The first-order valence-corrected chi connectivity index (χ1v) is 5.85. The van der Waals surface area contributed by atoms with Crippen molar-refractivity contribution in [2.75, 3.05) is 6.54 Å². The van der Waals surface area contributed by atoms with Gasteiger partial charge < -0.3 is 5.32 Å². The average molecular weight is 187 g/mol. The highest BCUT2D eigenvalue weighted by Gasteiger charge is 2.24. The van der Waals surface area contributed by atoms with E-state index >= 15 is 0 Å². The third-order valence-electron chi connectivity index (χ3n) is 2.10. The fraction of sp³-hybridized carbons (Fsp3) is 1.00. The minimum Gasteiger partial charge on any atom is -0.312 e. The maximum Gasteiger partial charge on any atom is 0.0127 e. The van der Waals surface area contributed by atoms with Gasteiger partial charge in [-0.05, 0) is 39.2 Å². The zero-order valence-electron chi connectivity index (χ0n) is 10.7. The Labute approximate surface area is 85.3 Å². The Balaban J connectivity index is 0. The normalized spacial score (nSPS) is 24.7. The molecule has 1 N–H and O–H groups in total. The third-order valence-corrected chi connectivity index (χ3v) is 2.10. The number of hydrogen-bond donors (Lipinski definition) is 1. The van der Waals surface area contributed by atoms with Crippen LogP contribution in [-0.2, 0) is 0 Å². The predicted molar refractivity (Wildman–Crippen MR) is 63.2 cm³/mol. The topological polar surface area (TPSA) is 12.0 Å². The van der Waals surface area contributed by atoms with Crippen molar-refractivity contribution in [1.82, 2.24) is 5.32 Å². The summed E-state index contributed by atoms with van der Waals surface area (Å²) in [4.78, 5) is 0. The van der Waals surface area contributed by atoms with Gasteiger partial charge in [0.15, 0.2) is 0 Å². The summed E-state index contributed by atoms with van der Waals surface area (Å²) in [6.45, 7) is 16.1. The third kappa shape index (κ3) is 8.29. The van der Waals surface area contributed by atoms with Crippen molar-refractivity contribution >= 4 is 0 Å². The standard InChI is InChI=1S/C8H17N.2C2H6/c1-7-4-5-9-8(2,3)6-7;2*1-2/h7,9H,4-6H2,1-3H3;2*1-2H3. The molecule has 0 amide bonds. The minimum absolute atomic E-state index is 0.400. The van der Waals surface area contributed by atoms with Gasteiger partial charge in [0.25, 0.3) is 0 Å². The molecule has 0 aromatic heterocycles. The van der Waals surface area contributed by atoms with E-state index < -0.39 is 0 Å². The summed E-state index contributed by atoms with van der Waals surface area (Å²) in [7, 11) is 0. The van der Waals surface area contributed by atoms with Gasteiger partial charge in [-0.15, -0.1) is 0 Å². The highest BCUT2D eigenvalue weighted by molar-refractivity contribution is 4.83. The van der Waals surface area contributed by atoms with E-state index in [-0.39, 0.29) is 0 Å². The SMILES string of the molecule is CC.CC.CC1CCNC(C)(C)C1. The molecule has 1 heteroatoms. The number of hydrogen-bond acceptors (Lipinski definition) is 1. The molecule has 0 aromatic rings. The Hall–Kier alpha value is -0.0400. The van der Waals surface area contributed by atoms with Crippen LogP contribution < -0.4 is 5.32 Å². The van der Waals surface area contributed by atoms with Crippen LogP contribution in [0.15, 0.2) is 0 Å². The van der Waals surface area contributed by atoms with Gasteiger partial charge in [-0.1, -0.05) is 34.6 Å². The second-order valence-electron chi connectivity index (χ2n) is 3.91. The lowest BCUT2D eigenvalue weighted by molar-refractivity contribution is 0.243. The molecule has 0 saturated carbocycles. The van der Waals surface area contributed by atoms with Gasteiger partial charge in [0.2, 0.25) is 0 Å². The smallest absolute Gasteiger partial charge is 0.0127 e. The zero-order chi connectivity index (χ0) is 10.9. The molecule has 1 atom stereocenters. The first kappa shape index (κ1) is 15.4. The molecular formula is C12H29N. The van der Waals surface area contributed by atoms with Crippen molar-refractivity contribution in [3.63, 3.8) is 0 Å². The molecule has 13 heavy (non-hydrogen) atoms. The summed E-state index contributed by atoms with van der Waals surface area (Å²) in [5, 5.41) is 3.49. The number of nitrogens with one attached hydrogen (secondary N) is 1. The Bertz CT molecular complexity index is 97.3. The van der Waals surface area contributed by atoms with Crippen LogP contribution in [0.3, 0.4) is 0 Å². The Morgan fingerprint density at radius 3 is 1.77 bits per heavy atom. The van der Waals surface area contributed by atoms with Crippen molar-refractivity contribution in [3.8, 4) is 0 Å². The largest absolute Gasteiger partial charge is 0.312 e. The molecule has 1 aliphatic heterocycles. The fourth-order valence-electron chi connectivity index (χ4n) is 1.70. The quantitative estimate of drug-likeness (QED) is 0.607. The van der Waals surface area contributed by atoms with Crippen LogP contribution in [0.4, 0.5) is 0 Å². The van der Waals surface area contributed by atoms with Gasteiger partial charge in [0, 0.05) is 5.54 Å². The van der Waals surface area contributed by atoms with Gasteiger partial charge in [-0.3, -0.25) is 0 Å². The van der Waals surface area contributed by atoms with E-state index in [1.165, 1.54) is 19.4 Å². The number of piperidine rings is 1. The van der Waals surface area contributed by atoms with Crippen molar-refractivity contribution in [2.24, 2.45) is 5.92 Å². The molecular weight excluding hydrogens is 158 g/mol. The van der Waals surface area contributed by atoms with Crippen LogP contribution in [0.2, 0.25) is 0 Å². The lowest BCUT2D eigenvalue weighted by Gasteiger charge is -2.34. The van der Waals surface area contributed by atoms with Crippen LogP contribution >= 0.6 is 0 Å². The molecule has 1 saturated heterocycles. The van der Waals surface area contributed by atoms with Gasteiger partial charge >= 0.3 is 0 Å². The molecule has 1 nitrogen and oxygen atoms in total. The lowest BCUT2D eigenvalue weighted by atomic mass is 9.86. The second kappa shape index (κ2) is 8.55. The molecule has 1 fully saturated rings. The summed E-state index contributed by atoms with van der Waals surface area (Å²) in [5.41, 5.74) is 0.400. The van der Waals surface area contributed by atoms with E-state index in [9.17, 15) is 0 Å². The highest BCUT2D eigenvalue weighted by Crippen LogP contribution is 2.22. The van der Waals surface area contributed by atoms with Crippen LogP contribution in [-0.4, -0.2) is 12.1 Å². The van der Waals surface area contributed by atoms with Crippen molar-refractivity contribution in [2.45, 2.75) is 66.8 Å². The summed E-state index contributed by atoms with van der Waals surface area (Å²) >= 11 is 0. The van der Waals surface area contributed by atoms with Crippen LogP contribution in [0.5, 0.6) is 0 Å². The van der Waals surface area contributed by atoms with Gasteiger partial charge in [-0.2, -0.15) is 0 Å². The Morgan fingerprint density at radius 2 is 1.54 bits per heavy atom. The van der Waals surface area contributed by atoms with Crippen molar-refractivity contribution < 1.29 is 0 Å². The predicted octanol–water partition coefficient (Wildman–Crippen LogP) is 3.84. The molecule has 1 unspecified atom stereocenters. The summed E-state index contributed by atoms with van der Waals surface area (Å²) in [6, 6.07) is 0. The monoisotopic (exact) mass is 187 g/mol. The van der Waals surface area contributed by atoms with Crippen LogP contribution in [0, 0.1) is 5.92 Å². The average Bonchev–Trinajstić information content (AvgIpc) is 2.09. The van der Waals surface area contributed by atoms with Gasteiger partial charge in [0.05, 0.1) is 0 Å². The van der Waals surface area contributed by atoms with Crippen molar-refractivity contribution in [1.29, 1.82) is 0 Å². The zero-order valence-corrected chi connectivity index (χ0v) is 10.7. The Kier molecular flexibility index (Phi) is 10.2. The summed E-state index contributed by atoms with van der Waals surface area (Å²) < 4.78 is 0. The molecule has 0 radical (unpaired) electrons. The first-order valence-electron chi connectivity index (χ1n) is 5.85. The molecule has 0 aliphatic carbocycles. The lowest BCUT2D eigenvalue weighted by Crippen LogP contribution is -2.45. The molecule has 1 heterocycles. The van der Waals surface area contributed by atoms with E-state index in [0.29, 0.717) is 5.54 Å². The van der Waals surface area contributed by atoms with Crippen LogP contribution in [0.1, 0.15) is 61.3 Å². The molecule has 1 rings (SSSR count). The summed E-state index contributed by atoms with van der Waals surface area (Å²) in [6.07, 6.45) is 2.68. The minimum atomic E-state index is 0.400. The highest BCUT2D eigenvalue weighted by atomic mass is 15.0. The molecule has 1 aliphatic rings. The fourth-order valence-corrected chi connectivity index (χ4v) is 1.70. The van der Waals surface area contributed by atoms with Crippen LogP contribution in [0.25, 0.3) is 0 Å². The van der Waals surface area contributed by atoms with E-state index in [2.05, 4.69) is 26.1 Å². The summed E-state index contributed by atoms with van der Waals surface area (Å²) in [5.74, 6) is 0.918. The molecule has 0 bridgehead atoms. The molecule has 82 valence electrons. The van der Waals surface area contributed by atoms with E-state index in [4.69, 9.17) is 0 Å². The molecule has 0 spiro atoms.